The smallest absolute Gasteiger partial charge is 0.310 e. The molecule has 0 aliphatic heterocycles. The van der Waals surface area contributed by atoms with Crippen LogP contribution in [0, 0.1) is 5.41 Å². The van der Waals surface area contributed by atoms with Crippen LogP contribution in [0.25, 0.3) is 0 Å². The molecule has 1 saturated carbocycles. The molecule has 0 bridgehead atoms. The predicted molar refractivity (Wildman–Crippen MR) is 57.6 cm³/mol. The molecule has 16 heavy (non-hydrogen) atoms. The molecule has 0 aromatic heterocycles. The van der Waals surface area contributed by atoms with E-state index in [0.29, 0.717) is 25.9 Å². The third-order valence-electron chi connectivity index (χ3n) is 2.70. The first-order chi connectivity index (χ1) is 7.42. The van der Waals surface area contributed by atoms with Crippen molar-refractivity contribution >= 4 is 16.0 Å². The van der Waals surface area contributed by atoms with Gasteiger partial charge in [0.2, 0.25) is 10.0 Å². The van der Waals surface area contributed by atoms with E-state index in [9.17, 15) is 13.2 Å². The van der Waals surface area contributed by atoms with Gasteiger partial charge in [-0.3, -0.25) is 4.79 Å². The van der Waals surface area contributed by atoms with Gasteiger partial charge in [0.25, 0.3) is 0 Å². The van der Waals surface area contributed by atoms with Crippen LogP contribution in [0.1, 0.15) is 19.3 Å². The summed E-state index contributed by atoms with van der Waals surface area (Å²) < 4.78 is 30.0. The van der Waals surface area contributed by atoms with Crippen molar-refractivity contribution in [3.8, 4) is 0 Å². The van der Waals surface area contributed by atoms with Crippen LogP contribution in [-0.2, 0) is 19.6 Å². The molecule has 0 saturated heterocycles. The highest BCUT2D eigenvalue weighted by molar-refractivity contribution is 7.89. The van der Waals surface area contributed by atoms with Crippen molar-refractivity contribution in [2.45, 2.75) is 19.3 Å². The molecule has 94 valence electrons. The normalized spacial score (nSPS) is 18.3. The van der Waals surface area contributed by atoms with Gasteiger partial charge in [0.1, 0.15) is 0 Å². The Labute approximate surface area is 95.0 Å². The largest absolute Gasteiger partial charge is 0.481 e. The van der Waals surface area contributed by atoms with Gasteiger partial charge in [0, 0.05) is 20.3 Å². The highest BCUT2D eigenvalue weighted by atomic mass is 32.2. The fourth-order valence-electron chi connectivity index (χ4n) is 1.33. The van der Waals surface area contributed by atoms with E-state index in [-0.39, 0.29) is 12.3 Å². The Morgan fingerprint density at radius 3 is 2.56 bits per heavy atom. The maximum atomic E-state index is 11.4. The van der Waals surface area contributed by atoms with Gasteiger partial charge < -0.3 is 9.84 Å². The summed E-state index contributed by atoms with van der Waals surface area (Å²) in [5.41, 5.74) is -0.853. The second-order valence-corrected chi connectivity index (χ2v) is 6.00. The number of methoxy groups -OCH3 is 1. The molecule has 0 aromatic rings. The zero-order chi connectivity index (χ0) is 12.2. The standard InChI is InChI=1S/C9H17NO5S/c1-15-5-2-6-16(13,14)10-7-9(3-4-9)8(11)12/h10H,2-7H2,1H3,(H,11,12). The predicted octanol–water partition coefficient (Wildman–Crippen LogP) is -0.193. The minimum atomic E-state index is -3.37. The Balaban J connectivity index is 2.34. The number of hydrogen-bond donors (Lipinski definition) is 2. The fourth-order valence-corrected chi connectivity index (χ4v) is 2.47. The number of rotatable bonds is 8. The number of carbonyl (C=O) groups is 1. The second kappa shape index (κ2) is 5.11. The minimum absolute atomic E-state index is 0.00233. The Morgan fingerprint density at radius 1 is 1.50 bits per heavy atom. The highest BCUT2D eigenvalue weighted by Gasteiger charge is 2.50. The molecule has 0 aromatic carbocycles. The van der Waals surface area contributed by atoms with E-state index in [4.69, 9.17) is 9.84 Å². The first-order valence-electron chi connectivity index (χ1n) is 5.12. The molecule has 0 unspecified atom stereocenters. The highest BCUT2D eigenvalue weighted by Crippen LogP contribution is 2.45. The molecule has 1 aliphatic rings. The second-order valence-electron chi connectivity index (χ2n) is 4.07. The van der Waals surface area contributed by atoms with Crippen LogP contribution in [-0.4, -0.2) is 45.5 Å². The van der Waals surface area contributed by atoms with E-state index in [1.54, 1.807) is 0 Å². The zero-order valence-electron chi connectivity index (χ0n) is 9.23. The number of ether oxygens (including phenoxy) is 1. The minimum Gasteiger partial charge on any atom is -0.481 e. The first kappa shape index (κ1) is 13.4. The summed E-state index contributed by atoms with van der Waals surface area (Å²) in [4.78, 5) is 10.8. The number of carboxylic acid groups (broad SMARTS) is 1. The first-order valence-corrected chi connectivity index (χ1v) is 6.77. The average molecular weight is 251 g/mol. The molecule has 7 heteroatoms. The summed E-state index contributed by atoms with van der Waals surface area (Å²) in [6, 6.07) is 0. The van der Waals surface area contributed by atoms with Crippen LogP contribution in [0.3, 0.4) is 0 Å². The van der Waals surface area contributed by atoms with E-state index in [1.807, 2.05) is 0 Å². The number of aliphatic carboxylic acids is 1. The third kappa shape index (κ3) is 3.73. The van der Waals surface area contributed by atoms with Gasteiger partial charge in [-0.25, -0.2) is 13.1 Å². The third-order valence-corrected chi connectivity index (χ3v) is 4.11. The lowest BCUT2D eigenvalue weighted by Crippen LogP contribution is -2.35. The molecule has 2 N–H and O–H groups in total. The molecular formula is C9H17NO5S. The number of hydrogen-bond acceptors (Lipinski definition) is 4. The molecule has 0 atom stereocenters. The van der Waals surface area contributed by atoms with Crippen molar-refractivity contribution in [1.82, 2.24) is 4.72 Å². The van der Waals surface area contributed by atoms with Crippen molar-refractivity contribution < 1.29 is 23.1 Å². The summed E-state index contributed by atoms with van der Waals surface area (Å²) in [5, 5.41) is 8.86. The van der Waals surface area contributed by atoms with Crippen LogP contribution < -0.4 is 4.72 Å². The lowest BCUT2D eigenvalue weighted by atomic mass is 10.1. The molecule has 0 radical (unpaired) electrons. The van der Waals surface area contributed by atoms with Crippen LogP contribution in [0.4, 0.5) is 0 Å². The summed E-state index contributed by atoms with van der Waals surface area (Å²) in [7, 11) is -1.87. The van der Waals surface area contributed by atoms with Crippen molar-refractivity contribution in [3.63, 3.8) is 0 Å². The number of carboxylic acids is 1. The van der Waals surface area contributed by atoms with Gasteiger partial charge in [0.05, 0.1) is 11.2 Å². The Bertz CT molecular complexity index is 347. The van der Waals surface area contributed by atoms with Gasteiger partial charge in [-0.1, -0.05) is 0 Å². The van der Waals surface area contributed by atoms with Crippen LogP contribution in [0.15, 0.2) is 0 Å². The summed E-state index contributed by atoms with van der Waals surface area (Å²) in [6.07, 6.45) is 1.50. The van der Waals surface area contributed by atoms with Gasteiger partial charge in [-0.2, -0.15) is 0 Å². The Hall–Kier alpha value is -0.660. The molecule has 6 nitrogen and oxygen atoms in total. The summed E-state index contributed by atoms with van der Waals surface area (Å²) >= 11 is 0. The molecule has 0 heterocycles. The van der Waals surface area contributed by atoms with E-state index in [0.717, 1.165) is 0 Å². The van der Waals surface area contributed by atoms with Crippen LogP contribution in [0.2, 0.25) is 0 Å². The molecule has 0 amide bonds. The van der Waals surface area contributed by atoms with Crippen molar-refractivity contribution in [2.75, 3.05) is 26.0 Å². The SMILES string of the molecule is COCCCS(=O)(=O)NCC1(C(=O)O)CC1. The van der Waals surface area contributed by atoms with E-state index in [1.165, 1.54) is 7.11 Å². The quantitative estimate of drug-likeness (QED) is 0.583. The fraction of sp³-hybridized carbons (Fsp3) is 0.889. The monoisotopic (exact) mass is 251 g/mol. The topological polar surface area (TPSA) is 92.7 Å². The number of sulfonamides is 1. The van der Waals surface area contributed by atoms with E-state index < -0.39 is 21.4 Å². The van der Waals surface area contributed by atoms with Gasteiger partial charge in [0.15, 0.2) is 0 Å². The van der Waals surface area contributed by atoms with Crippen molar-refractivity contribution in [2.24, 2.45) is 5.41 Å². The maximum Gasteiger partial charge on any atom is 0.310 e. The lowest BCUT2D eigenvalue weighted by Gasteiger charge is -2.11. The van der Waals surface area contributed by atoms with Gasteiger partial charge >= 0.3 is 5.97 Å². The maximum absolute atomic E-state index is 11.4. The summed E-state index contributed by atoms with van der Waals surface area (Å²) in [5.74, 6) is -0.955. The van der Waals surface area contributed by atoms with Gasteiger partial charge in [-0.15, -0.1) is 0 Å². The zero-order valence-corrected chi connectivity index (χ0v) is 10.0. The number of nitrogens with one attached hydrogen (secondary N) is 1. The van der Waals surface area contributed by atoms with E-state index >= 15 is 0 Å². The molecule has 1 fully saturated rings. The molecular weight excluding hydrogens is 234 g/mol. The van der Waals surface area contributed by atoms with Gasteiger partial charge in [-0.05, 0) is 19.3 Å². The van der Waals surface area contributed by atoms with E-state index in [2.05, 4.69) is 4.72 Å². The molecule has 1 aliphatic carbocycles. The molecule has 1 rings (SSSR count). The summed E-state index contributed by atoms with van der Waals surface area (Å²) in [6.45, 7) is 0.378. The van der Waals surface area contributed by atoms with Crippen LogP contribution >= 0.6 is 0 Å². The Kier molecular flexibility index (Phi) is 4.28. The average Bonchev–Trinajstić information content (AvgIpc) is 2.96. The van der Waals surface area contributed by atoms with Crippen molar-refractivity contribution in [1.29, 1.82) is 0 Å². The van der Waals surface area contributed by atoms with Crippen LogP contribution in [0.5, 0.6) is 0 Å². The Morgan fingerprint density at radius 2 is 2.12 bits per heavy atom. The lowest BCUT2D eigenvalue weighted by molar-refractivity contribution is -0.143. The molecule has 0 spiro atoms. The van der Waals surface area contributed by atoms with Crippen molar-refractivity contribution in [3.05, 3.63) is 0 Å².